The molecule has 2 aromatic carbocycles. The molecule has 1 N–H and O–H groups in total. The van der Waals surface area contributed by atoms with Gasteiger partial charge in [0.1, 0.15) is 0 Å². The van der Waals surface area contributed by atoms with Crippen LogP contribution in [0.4, 0.5) is 5.69 Å². The first kappa shape index (κ1) is 14.1. The van der Waals surface area contributed by atoms with Crippen molar-refractivity contribution in [1.82, 2.24) is 5.32 Å². The Morgan fingerprint density at radius 2 is 2.00 bits per heavy atom. The quantitative estimate of drug-likeness (QED) is 0.936. The average Bonchev–Trinajstić information content (AvgIpc) is 2.56. The maximum atomic E-state index is 12.8. The van der Waals surface area contributed by atoms with Gasteiger partial charge in [-0.3, -0.25) is 4.79 Å². The van der Waals surface area contributed by atoms with E-state index in [0.29, 0.717) is 6.54 Å². The molecule has 0 spiro atoms. The van der Waals surface area contributed by atoms with E-state index in [-0.39, 0.29) is 11.9 Å². The minimum atomic E-state index is -0.0299. The van der Waals surface area contributed by atoms with Crippen molar-refractivity contribution in [1.29, 1.82) is 0 Å². The van der Waals surface area contributed by atoms with E-state index in [1.807, 2.05) is 36.1 Å². The zero-order valence-corrected chi connectivity index (χ0v) is 12.5. The van der Waals surface area contributed by atoms with Crippen molar-refractivity contribution in [2.45, 2.75) is 32.2 Å². The van der Waals surface area contributed by atoms with Crippen molar-refractivity contribution >= 4 is 22.4 Å². The summed E-state index contributed by atoms with van der Waals surface area (Å²) in [6, 6.07) is 14.4. The molecule has 0 aliphatic carbocycles. The zero-order chi connectivity index (χ0) is 14.7. The molecular weight excluding hydrogens is 260 g/mol. The number of carbonyl (C=O) groups is 1. The van der Waals surface area contributed by atoms with Crippen LogP contribution in [0.2, 0.25) is 0 Å². The van der Waals surface area contributed by atoms with Gasteiger partial charge in [-0.15, -0.1) is 0 Å². The van der Waals surface area contributed by atoms with E-state index in [2.05, 4.69) is 23.5 Å². The maximum absolute atomic E-state index is 12.8. The Labute approximate surface area is 125 Å². The molecule has 1 fully saturated rings. The molecule has 0 bridgehead atoms. The standard InChI is InChI=1S/C18H22N2O/c1-2-20(18(21)16-11-5-6-13-19-16)17-12-7-9-14-8-3-4-10-15(14)17/h3-4,7-10,12,16,19H,2,5-6,11,13H2,1H3/t16-/m0/s1. The summed E-state index contributed by atoms with van der Waals surface area (Å²) in [6.07, 6.45) is 3.25. The molecule has 3 rings (SSSR count). The van der Waals surface area contributed by atoms with Gasteiger partial charge in [0.2, 0.25) is 5.91 Å². The van der Waals surface area contributed by atoms with Crippen LogP contribution in [0.3, 0.4) is 0 Å². The van der Waals surface area contributed by atoms with Gasteiger partial charge < -0.3 is 10.2 Å². The van der Waals surface area contributed by atoms with E-state index in [4.69, 9.17) is 0 Å². The fourth-order valence-corrected chi connectivity index (χ4v) is 3.14. The van der Waals surface area contributed by atoms with Gasteiger partial charge in [-0.1, -0.05) is 42.8 Å². The largest absolute Gasteiger partial charge is 0.311 e. The van der Waals surface area contributed by atoms with Gasteiger partial charge in [-0.05, 0) is 37.8 Å². The number of anilines is 1. The van der Waals surface area contributed by atoms with Gasteiger partial charge in [0.25, 0.3) is 0 Å². The third kappa shape index (κ3) is 2.79. The normalized spacial score (nSPS) is 18.6. The van der Waals surface area contributed by atoms with E-state index in [1.54, 1.807) is 0 Å². The Morgan fingerprint density at radius 1 is 1.19 bits per heavy atom. The highest BCUT2D eigenvalue weighted by molar-refractivity contribution is 6.05. The van der Waals surface area contributed by atoms with E-state index in [9.17, 15) is 4.79 Å². The summed E-state index contributed by atoms with van der Waals surface area (Å²) >= 11 is 0. The van der Waals surface area contributed by atoms with Gasteiger partial charge in [0.15, 0.2) is 0 Å². The number of amides is 1. The lowest BCUT2D eigenvalue weighted by Crippen LogP contribution is -2.48. The number of carbonyl (C=O) groups excluding carboxylic acids is 1. The number of hydrogen-bond donors (Lipinski definition) is 1. The summed E-state index contributed by atoms with van der Waals surface area (Å²) in [5, 5.41) is 5.68. The first-order chi connectivity index (χ1) is 10.3. The molecule has 1 aliphatic heterocycles. The van der Waals surface area contributed by atoms with Crippen LogP contribution in [0.5, 0.6) is 0 Å². The molecular formula is C18H22N2O. The third-order valence-corrected chi connectivity index (χ3v) is 4.25. The van der Waals surface area contributed by atoms with Crippen molar-refractivity contribution < 1.29 is 4.79 Å². The third-order valence-electron chi connectivity index (χ3n) is 4.25. The Kier molecular flexibility index (Phi) is 4.20. The predicted molar refractivity (Wildman–Crippen MR) is 87.6 cm³/mol. The topological polar surface area (TPSA) is 32.3 Å². The van der Waals surface area contributed by atoms with Gasteiger partial charge in [0, 0.05) is 11.9 Å². The highest BCUT2D eigenvalue weighted by atomic mass is 16.2. The molecule has 1 aliphatic rings. The molecule has 0 unspecified atom stereocenters. The second-order valence-corrected chi connectivity index (χ2v) is 5.58. The maximum Gasteiger partial charge on any atom is 0.244 e. The summed E-state index contributed by atoms with van der Waals surface area (Å²) in [4.78, 5) is 14.8. The molecule has 1 saturated heterocycles. The summed E-state index contributed by atoms with van der Waals surface area (Å²) < 4.78 is 0. The summed E-state index contributed by atoms with van der Waals surface area (Å²) in [5.41, 5.74) is 1.02. The molecule has 21 heavy (non-hydrogen) atoms. The molecule has 110 valence electrons. The van der Waals surface area contributed by atoms with E-state index in [1.165, 1.54) is 11.8 Å². The number of fused-ring (bicyclic) bond motifs is 1. The number of likely N-dealkylation sites (N-methyl/N-ethyl adjacent to an activating group) is 1. The van der Waals surface area contributed by atoms with Crippen molar-refractivity contribution in [3.63, 3.8) is 0 Å². The lowest BCUT2D eigenvalue weighted by Gasteiger charge is -2.30. The summed E-state index contributed by atoms with van der Waals surface area (Å²) in [7, 11) is 0. The van der Waals surface area contributed by atoms with Gasteiger partial charge in [-0.2, -0.15) is 0 Å². The molecule has 1 amide bonds. The number of hydrogen-bond acceptors (Lipinski definition) is 2. The van der Waals surface area contributed by atoms with Crippen LogP contribution in [0.1, 0.15) is 26.2 Å². The molecule has 3 nitrogen and oxygen atoms in total. The highest BCUT2D eigenvalue weighted by Gasteiger charge is 2.26. The Balaban J connectivity index is 1.96. The van der Waals surface area contributed by atoms with Crippen LogP contribution < -0.4 is 10.2 Å². The molecule has 3 heteroatoms. The molecule has 2 aromatic rings. The SMILES string of the molecule is CCN(C(=O)[C@@H]1CCCCN1)c1cccc2ccccc12. The predicted octanol–water partition coefficient (Wildman–Crippen LogP) is 3.33. The van der Waals surface area contributed by atoms with Crippen LogP contribution in [-0.2, 0) is 4.79 Å². The second kappa shape index (κ2) is 6.27. The first-order valence-electron chi connectivity index (χ1n) is 7.84. The Hall–Kier alpha value is -1.87. The molecule has 0 radical (unpaired) electrons. The Bertz CT molecular complexity index is 627. The highest BCUT2D eigenvalue weighted by Crippen LogP contribution is 2.27. The monoisotopic (exact) mass is 282 g/mol. The van der Waals surface area contributed by atoms with Gasteiger partial charge in [0.05, 0.1) is 11.7 Å². The van der Waals surface area contributed by atoms with E-state index < -0.39 is 0 Å². The molecule has 0 aromatic heterocycles. The minimum Gasteiger partial charge on any atom is -0.311 e. The number of nitrogens with zero attached hydrogens (tertiary/aromatic N) is 1. The lowest BCUT2D eigenvalue weighted by atomic mass is 10.0. The van der Waals surface area contributed by atoms with Gasteiger partial charge in [-0.25, -0.2) is 0 Å². The van der Waals surface area contributed by atoms with Crippen LogP contribution in [0.25, 0.3) is 10.8 Å². The van der Waals surface area contributed by atoms with Crippen LogP contribution in [-0.4, -0.2) is 25.0 Å². The van der Waals surface area contributed by atoms with Crippen molar-refractivity contribution in [3.05, 3.63) is 42.5 Å². The van der Waals surface area contributed by atoms with Crippen molar-refractivity contribution in [2.75, 3.05) is 18.0 Å². The number of piperidine rings is 1. The van der Waals surface area contributed by atoms with Gasteiger partial charge >= 0.3 is 0 Å². The summed E-state index contributed by atoms with van der Waals surface area (Å²) in [6.45, 7) is 3.69. The molecule has 1 atom stereocenters. The number of nitrogens with one attached hydrogen (secondary N) is 1. The van der Waals surface area contributed by atoms with Crippen molar-refractivity contribution in [2.24, 2.45) is 0 Å². The van der Waals surface area contributed by atoms with E-state index in [0.717, 1.165) is 30.5 Å². The lowest BCUT2D eigenvalue weighted by molar-refractivity contribution is -0.121. The van der Waals surface area contributed by atoms with Crippen LogP contribution >= 0.6 is 0 Å². The minimum absolute atomic E-state index is 0.0299. The number of rotatable bonds is 3. The fourth-order valence-electron chi connectivity index (χ4n) is 3.14. The van der Waals surface area contributed by atoms with Crippen molar-refractivity contribution in [3.8, 4) is 0 Å². The molecule has 1 heterocycles. The van der Waals surface area contributed by atoms with E-state index >= 15 is 0 Å². The zero-order valence-electron chi connectivity index (χ0n) is 12.5. The Morgan fingerprint density at radius 3 is 2.76 bits per heavy atom. The summed E-state index contributed by atoms with van der Waals surface area (Å²) in [5.74, 6) is 0.202. The average molecular weight is 282 g/mol. The van der Waals surface area contributed by atoms with Crippen LogP contribution in [0.15, 0.2) is 42.5 Å². The van der Waals surface area contributed by atoms with Crippen LogP contribution in [0, 0.1) is 0 Å². The first-order valence-corrected chi connectivity index (χ1v) is 7.84. The molecule has 0 saturated carbocycles. The number of benzene rings is 2. The smallest absolute Gasteiger partial charge is 0.244 e. The fraction of sp³-hybridized carbons (Fsp3) is 0.389. The second-order valence-electron chi connectivity index (χ2n) is 5.58.